The van der Waals surface area contributed by atoms with Crippen LogP contribution in [0, 0.1) is 0 Å². The predicted molar refractivity (Wildman–Crippen MR) is 119 cm³/mol. The van der Waals surface area contributed by atoms with Crippen LogP contribution >= 0.6 is 0 Å². The number of rotatable bonds is 9. The molecule has 1 aliphatic rings. The summed E-state index contributed by atoms with van der Waals surface area (Å²) in [6.07, 6.45) is 8.52. The molecule has 2 N–H and O–H groups in total. The van der Waals surface area contributed by atoms with Crippen molar-refractivity contribution < 1.29 is 14.6 Å². The number of hydrogen-bond acceptors (Lipinski definition) is 5. The Balaban J connectivity index is 1.43. The smallest absolute Gasteiger partial charge is 0.257 e. The van der Waals surface area contributed by atoms with Crippen molar-refractivity contribution in [1.29, 1.82) is 0 Å². The highest BCUT2D eigenvalue weighted by atomic mass is 16.5. The van der Waals surface area contributed by atoms with E-state index in [9.17, 15) is 9.90 Å². The second-order valence-corrected chi connectivity index (χ2v) is 7.75. The second-order valence-electron chi connectivity index (χ2n) is 7.75. The fourth-order valence-corrected chi connectivity index (χ4v) is 3.78. The molecule has 162 valence electrons. The zero-order valence-corrected chi connectivity index (χ0v) is 17.6. The SMILES string of the molecule is O=C(COc1ccc(CCO)cc1-n1nc2ccccc2n1)NCCC1=CCCCC1. The first-order valence-electron chi connectivity index (χ1n) is 10.9. The van der Waals surface area contributed by atoms with Gasteiger partial charge in [0.25, 0.3) is 5.91 Å². The number of nitrogens with zero attached hydrogens (tertiary/aromatic N) is 3. The summed E-state index contributed by atoms with van der Waals surface area (Å²) in [5.74, 6) is 0.368. The molecule has 0 saturated heterocycles. The summed E-state index contributed by atoms with van der Waals surface area (Å²) in [6, 6.07) is 13.2. The van der Waals surface area contributed by atoms with Crippen molar-refractivity contribution in [2.45, 2.75) is 38.5 Å². The molecule has 31 heavy (non-hydrogen) atoms. The van der Waals surface area contributed by atoms with Gasteiger partial charge in [0.1, 0.15) is 22.5 Å². The normalized spacial score (nSPS) is 13.8. The van der Waals surface area contributed by atoms with Crippen molar-refractivity contribution in [2.24, 2.45) is 0 Å². The fourth-order valence-electron chi connectivity index (χ4n) is 3.78. The van der Waals surface area contributed by atoms with Crippen LogP contribution in [-0.2, 0) is 11.2 Å². The van der Waals surface area contributed by atoms with Gasteiger partial charge in [0, 0.05) is 13.2 Å². The highest BCUT2D eigenvalue weighted by Gasteiger charge is 2.13. The number of aliphatic hydroxyl groups excluding tert-OH is 1. The van der Waals surface area contributed by atoms with Crippen molar-refractivity contribution in [2.75, 3.05) is 19.8 Å². The van der Waals surface area contributed by atoms with Crippen LogP contribution < -0.4 is 10.1 Å². The molecule has 3 aromatic rings. The third-order valence-corrected chi connectivity index (χ3v) is 5.44. The first-order valence-corrected chi connectivity index (χ1v) is 10.9. The fraction of sp³-hybridized carbons (Fsp3) is 0.375. The average Bonchev–Trinajstić information content (AvgIpc) is 3.23. The van der Waals surface area contributed by atoms with Gasteiger partial charge in [-0.2, -0.15) is 0 Å². The van der Waals surface area contributed by atoms with E-state index in [1.807, 2.05) is 36.4 Å². The number of amides is 1. The number of carbonyl (C=O) groups excluding carboxylic acids is 1. The summed E-state index contributed by atoms with van der Waals surface area (Å²) in [6.45, 7) is 0.599. The third-order valence-electron chi connectivity index (χ3n) is 5.44. The molecule has 1 heterocycles. The maximum Gasteiger partial charge on any atom is 0.257 e. The number of carbonyl (C=O) groups is 1. The molecule has 0 unspecified atom stereocenters. The van der Waals surface area contributed by atoms with Crippen molar-refractivity contribution in [3.8, 4) is 11.4 Å². The van der Waals surface area contributed by atoms with Crippen LogP contribution in [0.15, 0.2) is 54.1 Å². The Bertz CT molecular complexity index is 1040. The molecule has 0 aliphatic heterocycles. The van der Waals surface area contributed by atoms with Gasteiger partial charge in [0.15, 0.2) is 6.61 Å². The van der Waals surface area contributed by atoms with Crippen LogP contribution in [0.5, 0.6) is 5.75 Å². The van der Waals surface area contributed by atoms with E-state index in [0.29, 0.717) is 24.4 Å². The quantitative estimate of drug-likeness (QED) is 0.518. The van der Waals surface area contributed by atoms with E-state index in [1.165, 1.54) is 23.2 Å². The van der Waals surface area contributed by atoms with E-state index in [2.05, 4.69) is 21.6 Å². The number of aromatic nitrogens is 3. The van der Waals surface area contributed by atoms with E-state index in [0.717, 1.165) is 35.9 Å². The number of hydrogen-bond donors (Lipinski definition) is 2. The van der Waals surface area contributed by atoms with Gasteiger partial charge in [-0.15, -0.1) is 15.0 Å². The summed E-state index contributed by atoms with van der Waals surface area (Å²) in [7, 11) is 0. The first-order chi connectivity index (χ1) is 15.2. The number of benzene rings is 2. The summed E-state index contributed by atoms with van der Waals surface area (Å²) >= 11 is 0. The van der Waals surface area contributed by atoms with Crippen molar-refractivity contribution in [1.82, 2.24) is 20.3 Å². The number of nitrogens with one attached hydrogen (secondary N) is 1. The monoisotopic (exact) mass is 420 g/mol. The van der Waals surface area contributed by atoms with Crippen LogP contribution in [0.3, 0.4) is 0 Å². The standard InChI is InChI=1S/C24H28N4O3/c29-15-13-19-10-11-23(22(16-19)28-26-20-8-4-5-9-21(20)27-28)31-17-24(30)25-14-12-18-6-2-1-3-7-18/h4-6,8-11,16,29H,1-3,7,12-15,17H2,(H,25,30). The van der Waals surface area contributed by atoms with E-state index in [-0.39, 0.29) is 19.1 Å². The van der Waals surface area contributed by atoms with E-state index >= 15 is 0 Å². The highest BCUT2D eigenvalue weighted by Crippen LogP contribution is 2.25. The Kier molecular flexibility index (Phi) is 6.94. The Labute approximate surface area is 181 Å². The van der Waals surface area contributed by atoms with Gasteiger partial charge in [-0.05, 0) is 68.4 Å². The summed E-state index contributed by atoms with van der Waals surface area (Å²) < 4.78 is 5.84. The molecule has 1 aromatic heterocycles. The lowest BCUT2D eigenvalue weighted by atomic mass is 9.97. The Morgan fingerprint density at radius 3 is 2.61 bits per heavy atom. The number of ether oxygens (including phenoxy) is 1. The van der Waals surface area contributed by atoms with Crippen LogP contribution in [0.2, 0.25) is 0 Å². The van der Waals surface area contributed by atoms with Gasteiger partial charge in [-0.25, -0.2) is 0 Å². The van der Waals surface area contributed by atoms with Gasteiger partial charge in [-0.3, -0.25) is 4.79 Å². The van der Waals surface area contributed by atoms with E-state index in [4.69, 9.17) is 4.74 Å². The number of aliphatic hydroxyl groups is 1. The topological polar surface area (TPSA) is 89.3 Å². The van der Waals surface area contributed by atoms with E-state index in [1.54, 1.807) is 6.07 Å². The van der Waals surface area contributed by atoms with E-state index < -0.39 is 0 Å². The van der Waals surface area contributed by atoms with Crippen molar-refractivity contribution in [3.05, 3.63) is 59.7 Å². The van der Waals surface area contributed by atoms with Gasteiger partial charge in [-0.1, -0.05) is 29.8 Å². The Morgan fingerprint density at radius 1 is 1.10 bits per heavy atom. The molecular formula is C24H28N4O3. The van der Waals surface area contributed by atoms with Crippen LogP contribution in [-0.4, -0.2) is 45.8 Å². The lowest BCUT2D eigenvalue weighted by Gasteiger charge is -2.14. The molecule has 0 fully saturated rings. The molecule has 0 atom stereocenters. The third kappa shape index (κ3) is 5.49. The maximum atomic E-state index is 12.3. The minimum atomic E-state index is -0.152. The Morgan fingerprint density at radius 2 is 1.90 bits per heavy atom. The number of fused-ring (bicyclic) bond motifs is 1. The lowest BCUT2D eigenvalue weighted by molar-refractivity contribution is -0.123. The molecule has 1 amide bonds. The average molecular weight is 421 g/mol. The molecule has 2 aromatic carbocycles. The van der Waals surface area contributed by atoms with Crippen LogP contribution in [0.1, 0.15) is 37.7 Å². The molecule has 0 radical (unpaired) electrons. The van der Waals surface area contributed by atoms with Gasteiger partial charge in [0.05, 0.1) is 0 Å². The summed E-state index contributed by atoms with van der Waals surface area (Å²) in [5, 5.41) is 21.3. The second kappa shape index (κ2) is 10.2. The highest BCUT2D eigenvalue weighted by molar-refractivity contribution is 5.77. The molecular weight excluding hydrogens is 392 g/mol. The molecule has 0 bridgehead atoms. The molecule has 4 rings (SSSR count). The minimum absolute atomic E-state index is 0.0486. The zero-order chi connectivity index (χ0) is 21.5. The van der Waals surface area contributed by atoms with Gasteiger partial charge in [0.2, 0.25) is 0 Å². The molecule has 7 heteroatoms. The van der Waals surface area contributed by atoms with Crippen LogP contribution in [0.25, 0.3) is 16.7 Å². The maximum absolute atomic E-state index is 12.3. The van der Waals surface area contributed by atoms with Crippen LogP contribution in [0.4, 0.5) is 0 Å². The first kappa shape index (κ1) is 21.1. The molecule has 7 nitrogen and oxygen atoms in total. The van der Waals surface area contributed by atoms with Crippen molar-refractivity contribution in [3.63, 3.8) is 0 Å². The summed E-state index contributed by atoms with van der Waals surface area (Å²) in [4.78, 5) is 13.8. The lowest BCUT2D eigenvalue weighted by Crippen LogP contribution is -2.30. The Hall–Kier alpha value is -3.19. The summed E-state index contributed by atoms with van der Waals surface area (Å²) in [5.41, 5.74) is 4.57. The minimum Gasteiger partial charge on any atom is -0.481 e. The largest absolute Gasteiger partial charge is 0.481 e. The molecule has 0 spiro atoms. The van der Waals surface area contributed by atoms with Gasteiger partial charge >= 0.3 is 0 Å². The predicted octanol–water partition coefficient (Wildman–Crippen LogP) is 3.34. The number of allylic oxidation sites excluding steroid dienone is 1. The molecule has 1 aliphatic carbocycles. The van der Waals surface area contributed by atoms with Gasteiger partial charge < -0.3 is 15.2 Å². The van der Waals surface area contributed by atoms with Crippen molar-refractivity contribution >= 4 is 16.9 Å². The molecule has 0 saturated carbocycles. The zero-order valence-electron chi connectivity index (χ0n) is 17.6.